The molecule has 0 radical (unpaired) electrons. The van der Waals surface area contributed by atoms with Gasteiger partial charge in [0.1, 0.15) is 12.4 Å². The lowest BCUT2D eigenvalue weighted by atomic mass is 10.1. The van der Waals surface area contributed by atoms with Crippen molar-refractivity contribution >= 4 is 16.8 Å². The molecule has 3 aromatic rings. The second-order valence-corrected chi connectivity index (χ2v) is 5.51. The number of nitrogens with zero attached hydrogens (tertiary/aromatic N) is 2. The highest BCUT2D eigenvalue weighted by atomic mass is 19.1. The van der Waals surface area contributed by atoms with E-state index >= 15 is 0 Å². The standard InChI is InChI=1S/C18H16FN3O2/c1-12(13-6-2-4-8-15(13)19)21-17(23)10-22-11-20-16-9-5-3-7-14(16)18(22)24/h2-9,11-12H,10H2,1H3,(H,21,23)/t12-/m0/s1. The van der Waals surface area contributed by atoms with Gasteiger partial charge in [-0.25, -0.2) is 9.37 Å². The Bertz CT molecular complexity index is 952. The molecule has 0 fully saturated rings. The van der Waals surface area contributed by atoms with Gasteiger partial charge in [-0.2, -0.15) is 0 Å². The third-order valence-corrected chi connectivity index (χ3v) is 3.79. The quantitative estimate of drug-likeness (QED) is 0.801. The molecule has 0 saturated carbocycles. The van der Waals surface area contributed by atoms with Crippen LogP contribution < -0.4 is 10.9 Å². The number of halogens is 1. The van der Waals surface area contributed by atoms with Crippen LogP contribution in [0, 0.1) is 5.82 Å². The minimum absolute atomic E-state index is 0.171. The van der Waals surface area contributed by atoms with Crippen molar-refractivity contribution in [1.29, 1.82) is 0 Å². The van der Waals surface area contributed by atoms with Gasteiger partial charge in [-0.3, -0.25) is 14.2 Å². The van der Waals surface area contributed by atoms with Gasteiger partial charge in [-0.15, -0.1) is 0 Å². The molecule has 6 heteroatoms. The fourth-order valence-corrected chi connectivity index (χ4v) is 2.56. The van der Waals surface area contributed by atoms with Crippen LogP contribution in [0.2, 0.25) is 0 Å². The minimum Gasteiger partial charge on any atom is -0.348 e. The lowest BCUT2D eigenvalue weighted by molar-refractivity contribution is -0.122. The maximum Gasteiger partial charge on any atom is 0.261 e. The van der Waals surface area contributed by atoms with E-state index in [2.05, 4.69) is 10.3 Å². The molecular weight excluding hydrogens is 309 g/mol. The SMILES string of the molecule is C[C@H](NC(=O)Cn1cnc2ccccc2c1=O)c1ccccc1F. The Kier molecular flexibility index (Phi) is 4.37. The maximum atomic E-state index is 13.7. The highest BCUT2D eigenvalue weighted by Gasteiger charge is 2.14. The number of aromatic nitrogens is 2. The van der Waals surface area contributed by atoms with Crippen LogP contribution in [0.25, 0.3) is 10.9 Å². The average molecular weight is 325 g/mol. The van der Waals surface area contributed by atoms with Crippen molar-refractivity contribution in [2.45, 2.75) is 19.5 Å². The van der Waals surface area contributed by atoms with E-state index in [0.29, 0.717) is 16.5 Å². The van der Waals surface area contributed by atoms with E-state index in [1.165, 1.54) is 17.0 Å². The Hall–Kier alpha value is -3.02. The van der Waals surface area contributed by atoms with Crippen molar-refractivity contribution in [1.82, 2.24) is 14.9 Å². The summed E-state index contributed by atoms with van der Waals surface area (Å²) >= 11 is 0. The summed E-state index contributed by atoms with van der Waals surface area (Å²) in [5.74, 6) is -0.764. The number of hydrogen-bond acceptors (Lipinski definition) is 3. The van der Waals surface area contributed by atoms with Gasteiger partial charge in [-0.05, 0) is 25.1 Å². The highest BCUT2D eigenvalue weighted by Crippen LogP contribution is 2.15. The van der Waals surface area contributed by atoms with Crippen LogP contribution in [-0.2, 0) is 11.3 Å². The maximum absolute atomic E-state index is 13.7. The molecule has 0 unspecified atom stereocenters. The van der Waals surface area contributed by atoms with E-state index < -0.39 is 6.04 Å². The predicted octanol–water partition coefficient (Wildman–Crippen LogP) is 2.41. The number of rotatable bonds is 4. The molecule has 0 saturated heterocycles. The van der Waals surface area contributed by atoms with E-state index in [0.717, 1.165) is 0 Å². The van der Waals surface area contributed by atoms with Crippen LogP contribution in [0.15, 0.2) is 59.7 Å². The normalized spacial score (nSPS) is 12.1. The first kappa shape index (κ1) is 15.9. The molecule has 1 N–H and O–H groups in total. The van der Waals surface area contributed by atoms with Gasteiger partial charge < -0.3 is 5.32 Å². The Morgan fingerprint density at radius 3 is 2.71 bits per heavy atom. The molecule has 0 aliphatic carbocycles. The fourth-order valence-electron chi connectivity index (χ4n) is 2.56. The first-order valence-corrected chi connectivity index (χ1v) is 7.54. The second kappa shape index (κ2) is 6.62. The number of fused-ring (bicyclic) bond motifs is 1. The third-order valence-electron chi connectivity index (χ3n) is 3.79. The number of carbonyl (C=O) groups excluding carboxylic acids is 1. The van der Waals surface area contributed by atoms with Gasteiger partial charge in [0.2, 0.25) is 5.91 Å². The van der Waals surface area contributed by atoms with E-state index in [1.807, 2.05) is 0 Å². The summed E-state index contributed by atoms with van der Waals surface area (Å²) in [5, 5.41) is 3.15. The molecular formula is C18H16FN3O2. The predicted molar refractivity (Wildman–Crippen MR) is 89.0 cm³/mol. The monoisotopic (exact) mass is 325 g/mol. The van der Waals surface area contributed by atoms with Crippen LogP contribution in [0.3, 0.4) is 0 Å². The first-order chi connectivity index (χ1) is 11.6. The summed E-state index contributed by atoms with van der Waals surface area (Å²) < 4.78 is 15.0. The summed E-state index contributed by atoms with van der Waals surface area (Å²) in [5.41, 5.74) is 0.697. The summed E-state index contributed by atoms with van der Waals surface area (Å²) in [7, 11) is 0. The molecule has 2 aromatic carbocycles. The fraction of sp³-hybridized carbons (Fsp3) is 0.167. The zero-order valence-corrected chi connectivity index (χ0v) is 13.1. The van der Waals surface area contributed by atoms with Crippen molar-refractivity contribution in [3.05, 3.63) is 76.6 Å². The number of para-hydroxylation sites is 1. The zero-order chi connectivity index (χ0) is 17.1. The molecule has 122 valence electrons. The Morgan fingerprint density at radius 2 is 1.92 bits per heavy atom. The molecule has 0 bridgehead atoms. The van der Waals surface area contributed by atoms with E-state index in [4.69, 9.17) is 0 Å². The van der Waals surface area contributed by atoms with Gasteiger partial charge >= 0.3 is 0 Å². The van der Waals surface area contributed by atoms with Crippen molar-refractivity contribution in [3.63, 3.8) is 0 Å². The molecule has 0 aliphatic rings. The van der Waals surface area contributed by atoms with Crippen molar-refractivity contribution in [2.75, 3.05) is 0 Å². The summed E-state index contributed by atoms with van der Waals surface area (Å²) in [6, 6.07) is 12.7. The van der Waals surface area contributed by atoms with Crippen LogP contribution in [0.5, 0.6) is 0 Å². The molecule has 1 heterocycles. The van der Waals surface area contributed by atoms with Gasteiger partial charge in [0.25, 0.3) is 5.56 Å². The molecule has 3 rings (SSSR count). The minimum atomic E-state index is -0.497. The Morgan fingerprint density at radius 1 is 1.21 bits per heavy atom. The summed E-state index contributed by atoms with van der Waals surface area (Å²) in [6.07, 6.45) is 1.35. The molecule has 1 atom stereocenters. The number of amides is 1. The molecule has 24 heavy (non-hydrogen) atoms. The number of hydrogen-bond donors (Lipinski definition) is 1. The van der Waals surface area contributed by atoms with Gasteiger partial charge in [0.15, 0.2) is 0 Å². The summed E-state index contributed by atoms with van der Waals surface area (Å²) in [4.78, 5) is 28.7. The highest BCUT2D eigenvalue weighted by molar-refractivity contribution is 5.79. The Balaban J connectivity index is 1.77. The van der Waals surface area contributed by atoms with E-state index in [-0.39, 0.29) is 23.8 Å². The van der Waals surface area contributed by atoms with Gasteiger partial charge in [0.05, 0.1) is 23.3 Å². The lowest BCUT2D eigenvalue weighted by Gasteiger charge is -2.15. The Labute approximate surface area is 137 Å². The van der Waals surface area contributed by atoms with Crippen LogP contribution in [0.4, 0.5) is 4.39 Å². The molecule has 0 spiro atoms. The topological polar surface area (TPSA) is 64.0 Å². The van der Waals surface area contributed by atoms with Crippen molar-refractivity contribution < 1.29 is 9.18 Å². The molecule has 0 aliphatic heterocycles. The van der Waals surface area contributed by atoms with Crippen LogP contribution in [0.1, 0.15) is 18.5 Å². The third kappa shape index (κ3) is 3.17. The largest absolute Gasteiger partial charge is 0.348 e. The van der Waals surface area contributed by atoms with E-state index in [1.54, 1.807) is 49.4 Å². The van der Waals surface area contributed by atoms with Crippen molar-refractivity contribution in [3.8, 4) is 0 Å². The molecule has 1 amide bonds. The zero-order valence-electron chi connectivity index (χ0n) is 13.1. The average Bonchev–Trinajstić information content (AvgIpc) is 2.58. The number of carbonyl (C=O) groups is 1. The first-order valence-electron chi connectivity index (χ1n) is 7.54. The number of benzene rings is 2. The molecule has 1 aromatic heterocycles. The smallest absolute Gasteiger partial charge is 0.261 e. The summed E-state index contributed by atoms with van der Waals surface area (Å²) in [6.45, 7) is 1.52. The van der Waals surface area contributed by atoms with Gasteiger partial charge in [0, 0.05) is 5.56 Å². The number of nitrogens with one attached hydrogen (secondary N) is 1. The lowest BCUT2D eigenvalue weighted by Crippen LogP contribution is -2.34. The van der Waals surface area contributed by atoms with E-state index in [9.17, 15) is 14.0 Å². The van der Waals surface area contributed by atoms with Gasteiger partial charge in [-0.1, -0.05) is 30.3 Å². The second-order valence-electron chi connectivity index (χ2n) is 5.51. The van der Waals surface area contributed by atoms with Crippen LogP contribution >= 0.6 is 0 Å². The molecule has 5 nitrogen and oxygen atoms in total. The van der Waals surface area contributed by atoms with Crippen molar-refractivity contribution in [2.24, 2.45) is 0 Å². The van der Waals surface area contributed by atoms with Crippen LogP contribution in [-0.4, -0.2) is 15.5 Å².